The van der Waals surface area contributed by atoms with Gasteiger partial charge in [0, 0.05) is 11.0 Å². The van der Waals surface area contributed by atoms with E-state index in [1.165, 1.54) is 7.11 Å². The maximum Gasteiger partial charge on any atom is 0.324 e. The number of carbonyl (C=O) groups is 1. The lowest BCUT2D eigenvalue weighted by atomic mass is 10.0. The molecule has 0 fully saturated rings. The van der Waals surface area contributed by atoms with Gasteiger partial charge in [-0.3, -0.25) is 4.79 Å². The Bertz CT molecular complexity index is 619. The zero-order chi connectivity index (χ0) is 17.6. The van der Waals surface area contributed by atoms with Crippen LogP contribution in [0.1, 0.15) is 25.8 Å². The van der Waals surface area contributed by atoms with Gasteiger partial charge < -0.3 is 4.74 Å². The molecule has 0 heterocycles. The molecule has 8 heteroatoms. The molecular formula is C15H21BrClNO4S. The van der Waals surface area contributed by atoms with Gasteiger partial charge in [0.05, 0.1) is 7.11 Å². The van der Waals surface area contributed by atoms with Crippen LogP contribution < -0.4 is 0 Å². The van der Waals surface area contributed by atoms with Gasteiger partial charge in [-0.2, -0.15) is 4.31 Å². The quantitative estimate of drug-likeness (QED) is 0.472. The smallest absolute Gasteiger partial charge is 0.324 e. The van der Waals surface area contributed by atoms with Crippen LogP contribution in [0.3, 0.4) is 0 Å². The fraction of sp³-hybridized carbons (Fsp3) is 0.533. The third kappa shape index (κ3) is 6.06. The van der Waals surface area contributed by atoms with Crippen LogP contribution in [0, 0.1) is 5.92 Å². The number of rotatable bonds is 8. The third-order valence-electron chi connectivity index (χ3n) is 3.26. The fourth-order valence-electron chi connectivity index (χ4n) is 2.15. The van der Waals surface area contributed by atoms with E-state index < -0.39 is 27.2 Å². The van der Waals surface area contributed by atoms with Crippen molar-refractivity contribution in [1.82, 2.24) is 4.31 Å². The van der Waals surface area contributed by atoms with Crippen LogP contribution in [-0.4, -0.2) is 37.1 Å². The van der Waals surface area contributed by atoms with Crippen molar-refractivity contribution in [2.45, 2.75) is 32.9 Å². The van der Waals surface area contributed by atoms with Crippen molar-refractivity contribution in [2.24, 2.45) is 5.92 Å². The van der Waals surface area contributed by atoms with E-state index in [9.17, 15) is 13.2 Å². The second-order valence-corrected chi connectivity index (χ2v) is 8.98. The summed E-state index contributed by atoms with van der Waals surface area (Å²) in [5.74, 6) is -0.457. The monoisotopic (exact) mass is 425 g/mol. The van der Waals surface area contributed by atoms with Crippen molar-refractivity contribution in [3.63, 3.8) is 0 Å². The molecule has 0 saturated heterocycles. The standard InChI is InChI=1S/C15H21BrClNO4S/c1-11(2)8-14(15(19)22-3)18(23(20,21)10-17)9-12-4-6-13(16)7-5-12/h4-7,11,14H,8-10H2,1-3H3/t14-/m0/s1. The van der Waals surface area contributed by atoms with Gasteiger partial charge in [0.2, 0.25) is 10.0 Å². The fourth-order valence-corrected chi connectivity index (χ4v) is 3.82. The van der Waals surface area contributed by atoms with Crippen LogP contribution in [0.25, 0.3) is 0 Å². The van der Waals surface area contributed by atoms with Gasteiger partial charge in [-0.25, -0.2) is 8.42 Å². The van der Waals surface area contributed by atoms with E-state index in [1.54, 1.807) is 12.1 Å². The van der Waals surface area contributed by atoms with E-state index in [0.717, 1.165) is 14.3 Å². The van der Waals surface area contributed by atoms with E-state index in [0.29, 0.717) is 6.42 Å². The predicted molar refractivity (Wildman–Crippen MR) is 94.6 cm³/mol. The van der Waals surface area contributed by atoms with Gasteiger partial charge >= 0.3 is 5.97 Å². The van der Waals surface area contributed by atoms with Crippen molar-refractivity contribution in [2.75, 3.05) is 12.3 Å². The highest BCUT2D eigenvalue weighted by molar-refractivity contribution is 9.10. The van der Waals surface area contributed by atoms with Gasteiger partial charge in [0.25, 0.3) is 0 Å². The van der Waals surface area contributed by atoms with Gasteiger partial charge in [-0.15, -0.1) is 11.6 Å². The SMILES string of the molecule is COC(=O)[C@H](CC(C)C)N(Cc1ccc(Br)cc1)S(=O)(=O)CCl. The summed E-state index contributed by atoms with van der Waals surface area (Å²) in [5, 5.41) is -0.588. The second-order valence-electron chi connectivity index (χ2n) is 5.56. The molecule has 0 aromatic heterocycles. The van der Waals surface area contributed by atoms with Gasteiger partial charge in [-0.05, 0) is 30.0 Å². The summed E-state index contributed by atoms with van der Waals surface area (Å²) in [6.45, 7) is 3.90. The number of sulfonamides is 1. The zero-order valence-corrected chi connectivity index (χ0v) is 16.5. The zero-order valence-electron chi connectivity index (χ0n) is 13.3. The minimum absolute atomic E-state index is 0.0643. The summed E-state index contributed by atoms with van der Waals surface area (Å²) in [6.07, 6.45) is 0.360. The Morgan fingerprint density at radius 3 is 2.30 bits per heavy atom. The summed E-state index contributed by atoms with van der Waals surface area (Å²) in [6, 6.07) is 6.33. The maximum absolute atomic E-state index is 12.4. The molecule has 0 unspecified atom stereocenters. The van der Waals surface area contributed by atoms with Crippen LogP contribution in [0.4, 0.5) is 0 Å². The summed E-state index contributed by atoms with van der Waals surface area (Å²) >= 11 is 8.95. The van der Waals surface area contributed by atoms with Gasteiger partial charge in [-0.1, -0.05) is 41.9 Å². The average Bonchev–Trinajstić information content (AvgIpc) is 2.51. The van der Waals surface area contributed by atoms with Crippen LogP contribution in [-0.2, 0) is 26.1 Å². The first-order chi connectivity index (χ1) is 10.7. The van der Waals surface area contributed by atoms with E-state index >= 15 is 0 Å². The first-order valence-corrected chi connectivity index (χ1v) is 10.0. The molecule has 23 heavy (non-hydrogen) atoms. The number of esters is 1. The lowest BCUT2D eigenvalue weighted by molar-refractivity contribution is -0.145. The van der Waals surface area contributed by atoms with Crippen molar-refractivity contribution < 1.29 is 17.9 Å². The molecule has 1 aromatic carbocycles. The molecule has 0 aliphatic heterocycles. The Kier molecular flexibility index (Phi) is 8.00. The van der Waals surface area contributed by atoms with E-state index in [1.807, 2.05) is 26.0 Å². The molecule has 5 nitrogen and oxygen atoms in total. The number of alkyl halides is 1. The van der Waals surface area contributed by atoms with Gasteiger partial charge in [0.15, 0.2) is 0 Å². The minimum atomic E-state index is -3.78. The summed E-state index contributed by atoms with van der Waals surface area (Å²) in [5.41, 5.74) is 0.763. The molecule has 1 atom stereocenters. The normalized spacial score (nSPS) is 13.3. The number of ether oxygens (including phenoxy) is 1. The van der Waals surface area contributed by atoms with Crippen molar-refractivity contribution >= 4 is 43.5 Å². The molecule has 0 N–H and O–H groups in total. The summed E-state index contributed by atoms with van der Waals surface area (Å²) in [7, 11) is -2.53. The Morgan fingerprint density at radius 1 is 1.30 bits per heavy atom. The Hall–Kier alpha value is -0.630. The number of nitrogens with zero attached hydrogens (tertiary/aromatic N) is 1. The molecule has 130 valence electrons. The van der Waals surface area contributed by atoms with Crippen molar-refractivity contribution in [3.05, 3.63) is 34.3 Å². The molecule has 0 spiro atoms. The molecule has 0 aliphatic rings. The highest BCUT2D eigenvalue weighted by atomic mass is 79.9. The topological polar surface area (TPSA) is 63.7 Å². The first-order valence-electron chi connectivity index (χ1n) is 7.09. The van der Waals surface area contributed by atoms with E-state index in [4.69, 9.17) is 16.3 Å². The number of methoxy groups -OCH3 is 1. The lowest BCUT2D eigenvalue weighted by Gasteiger charge is -2.29. The number of hydrogen-bond donors (Lipinski definition) is 0. The molecule has 1 rings (SSSR count). The number of carbonyl (C=O) groups excluding carboxylic acids is 1. The number of benzene rings is 1. The lowest BCUT2D eigenvalue weighted by Crippen LogP contribution is -2.46. The van der Waals surface area contributed by atoms with Crippen LogP contribution in [0.5, 0.6) is 0 Å². The summed E-state index contributed by atoms with van der Waals surface area (Å²) < 4.78 is 31.6. The minimum Gasteiger partial charge on any atom is -0.468 e. The van der Waals surface area contributed by atoms with Crippen LogP contribution in [0.15, 0.2) is 28.7 Å². The second kappa shape index (κ2) is 9.01. The largest absolute Gasteiger partial charge is 0.468 e. The molecular weight excluding hydrogens is 406 g/mol. The highest BCUT2D eigenvalue weighted by Crippen LogP contribution is 2.22. The van der Waals surface area contributed by atoms with Crippen LogP contribution in [0.2, 0.25) is 0 Å². The van der Waals surface area contributed by atoms with E-state index in [-0.39, 0.29) is 12.5 Å². The highest BCUT2D eigenvalue weighted by Gasteiger charge is 2.35. The Balaban J connectivity index is 3.21. The average molecular weight is 427 g/mol. The number of halogens is 2. The van der Waals surface area contributed by atoms with Gasteiger partial charge in [0.1, 0.15) is 11.3 Å². The molecule has 1 aromatic rings. The Labute approximate surface area is 151 Å². The molecule has 0 aliphatic carbocycles. The van der Waals surface area contributed by atoms with Crippen LogP contribution >= 0.6 is 27.5 Å². The summed E-state index contributed by atoms with van der Waals surface area (Å²) in [4.78, 5) is 12.1. The third-order valence-corrected chi connectivity index (χ3v) is 5.99. The Morgan fingerprint density at radius 2 is 1.87 bits per heavy atom. The first kappa shape index (κ1) is 20.4. The van der Waals surface area contributed by atoms with Crippen molar-refractivity contribution in [1.29, 1.82) is 0 Å². The molecule has 0 amide bonds. The number of hydrogen-bond acceptors (Lipinski definition) is 4. The van der Waals surface area contributed by atoms with Crippen molar-refractivity contribution in [3.8, 4) is 0 Å². The maximum atomic E-state index is 12.4. The predicted octanol–water partition coefficient (Wildman–Crippen LogP) is 3.36. The molecule has 0 radical (unpaired) electrons. The molecule has 0 bridgehead atoms. The molecule has 0 saturated carbocycles. The van der Waals surface area contributed by atoms with E-state index in [2.05, 4.69) is 15.9 Å².